The number of nitrogens with zero attached hydrogens (tertiary/aromatic N) is 1. The molecule has 0 radical (unpaired) electrons. The highest BCUT2D eigenvalue weighted by molar-refractivity contribution is 6.16. The van der Waals surface area contributed by atoms with Crippen LogP contribution in [0.2, 0.25) is 0 Å². The van der Waals surface area contributed by atoms with Gasteiger partial charge in [0.1, 0.15) is 12.4 Å². The van der Waals surface area contributed by atoms with Crippen LogP contribution in [0, 0.1) is 0 Å². The molecule has 0 atom stereocenters. The normalized spacial score (nSPS) is 10.1. The maximum Gasteiger partial charge on any atom is 0.356 e. The first-order chi connectivity index (χ1) is 9.72. The monoisotopic (exact) mass is 291 g/mol. The number of ether oxygens (including phenoxy) is 2. The van der Waals surface area contributed by atoms with Crippen LogP contribution in [-0.2, 0) is 17.2 Å². The van der Waals surface area contributed by atoms with Crippen molar-refractivity contribution in [1.29, 1.82) is 0 Å². The van der Waals surface area contributed by atoms with Crippen molar-refractivity contribution in [3.8, 4) is 5.75 Å². The van der Waals surface area contributed by atoms with Crippen molar-refractivity contribution in [2.24, 2.45) is 0 Å². The van der Waals surface area contributed by atoms with E-state index in [0.29, 0.717) is 18.1 Å². The highest BCUT2D eigenvalue weighted by atomic mass is 35.5. The third-order valence-corrected chi connectivity index (χ3v) is 2.91. The fraction of sp³-hybridized carbons (Fsp3) is 0.200. The van der Waals surface area contributed by atoms with E-state index < -0.39 is 5.97 Å². The molecule has 0 aliphatic rings. The Morgan fingerprint density at radius 3 is 2.65 bits per heavy atom. The van der Waals surface area contributed by atoms with E-state index in [0.717, 1.165) is 5.56 Å². The van der Waals surface area contributed by atoms with E-state index in [1.165, 1.54) is 7.11 Å². The Morgan fingerprint density at radius 1 is 1.25 bits per heavy atom. The summed E-state index contributed by atoms with van der Waals surface area (Å²) in [5.41, 5.74) is 1.79. The number of methoxy groups -OCH3 is 1. The van der Waals surface area contributed by atoms with Crippen LogP contribution in [0.15, 0.2) is 42.5 Å². The Kier molecular flexibility index (Phi) is 4.96. The minimum atomic E-state index is -0.512. The number of carbonyl (C=O) groups is 1. The average Bonchev–Trinajstić information content (AvgIpc) is 2.52. The maximum absolute atomic E-state index is 11.5. The predicted molar refractivity (Wildman–Crippen MR) is 75.9 cm³/mol. The van der Waals surface area contributed by atoms with Crippen LogP contribution in [0.1, 0.15) is 21.7 Å². The van der Waals surface area contributed by atoms with Gasteiger partial charge in [-0.2, -0.15) is 0 Å². The van der Waals surface area contributed by atoms with Gasteiger partial charge in [0.2, 0.25) is 0 Å². The lowest BCUT2D eigenvalue weighted by Crippen LogP contribution is -2.07. The van der Waals surface area contributed by atoms with Crippen molar-refractivity contribution in [1.82, 2.24) is 4.98 Å². The van der Waals surface area contributed by atoms with E-state index in [-0.39, 0.29) is 11.6 Å². The van der Waals surface area contributed by atoms with Gasteiger partial charge in [-0.15, -0.1) is 11.6 Å². The van der Waals surface area contributed by atoms with Gasteiger partial charge in [-0.25, -0.2) is 9.78 Å². The smallest absolute Gasteiger partial charge is 0.356 e. The summed E-state index contributed by atoms with van der Waals surface area (Å²) in [6.07, 6.45) is 0. The Morgan fingerprint density at radius 2 is 2.00 bits per heavy atom. The van der Waals surface area contributed by atoms with E-state index >= 15 is 0 Å². The van der Waals surface area contributed by atoms with Crippen LogP contribution < -0.4 is 4.74 Å². The van der Waals surface area contributed by atoms with Crippen molar-refractivity contribution < 1.29 is 14.3 Å². The number of benzene rings is 1. The van der Waals surface area contributed by atoms with Crippen molar-refractivity contribution in [2.45, 2.75) is 12.5 Å². The van der Waals surface area contributed by atoms with Gasteiger partial charge in [-0.3, -0.25) is 0 Å². The standard InChI is InChI=1S/C15H14ClNO3/c1-19-15(18)14-8-13(7-12(9-16)17-14)20-10-11-5-3-2-4-6-11/h2-8H,9-10H2,1H3. The lowest BCUT2D eigenvalue weighted by Gasteiger charge is -2.09. The fourth-order valence-electron chi connectivity index (χ4n) is 1.66. The van der Waals surface area contributed by atoms with Crippen LogP contribution in [0.25, 0.3) is 0 Å². The van der Waals surface area contributed by atoms with E-state index in [1.54, 1.807) is 12.1 Å². The van der Waals surface area contributed by atoms with E-state index in [1.807, 2.05) is 30.3 Å². The number of hydrogen-bond acceptors (Lipinski definition) is 4. The molecule has 0 bridgehead atoms. The Hall–Kier alpha value is -2.07. The van der Waals surface area contributed by atoms with Crippen LogP contribution in [0.4, 0.5) is 0 Å². The summed E-state index contributed by atoms with van der Waals surface area (Å²) in [6.45, 7) is 0.410. The topological polar surface area (TPSA) is 48.4 Å². The lowest BCUT2D eigenvalue weighted by atomic mass is 10.2. The zero-order valence-corrected chi connectivity index (χ0v) is 11.8. The minimum Gasteiger partial charge on any atom is -0.489 e. The summed E-state index contributed by atoms with van der Waals surface area (Å²) in [7, 11) is 1.31. The molecule has 0 saturated heterocycles. The largest absolute Gasteiger partial charge is 0.489 e. The molecule has 1 aromatic carbocycles. The Labute approximate surface area is 122 Å². The number of rotatable bonds is 5. The van der Waals surface area contributed by atoms with Crippen LogP contribution >= 0.6 is 11.6 Å². The van der Waals surface area contributed by atoms with Gasteiger partial charge in [-0.05, 0) is 5.56 Å². The first-order valence-electron chi connectivity index (χ1n) is 6.05. The molecular formula is C15H14ClNO3. The second-order valence-electron chi connectivity index (χ2n) is 4.08. The second kappa shape index (κ2) is 6.91. The highest BCUT2D eigenvalue weighted by Crippen LogP contribution is 2.18. The first kappa shape index (κ1) is 14.3. The molecule has 0 amide bonds. The molecular weight excluding hydrogens is 278 g/mol. The Bertz CT molecular complexity index is 587. The summed E-state index contributed by atoms with van der Waals surface area (Å²) in [5, 5.41) is 0. The van der Waals surface area contributed by atoms with Crippen molar-refractivity contribution in [3.63, 3.8) is 0 Å². The van der Waals surface area contributed by atoms with Crippen LogP contribution in [0.5, 0.6) is 5.75 Å². The van der Waals surface area contributed by atoms with Gasteiger partial charge in [0.05, 0.1) is 18.7 Å². The number of alkyl halides is 1. The quantitative estimate of drug-likeness (QED) is 0.627. The third-order valence-electron chi connectivity index (χ3n) is 2.63. The van der Waals surface area contributed by atoms with Gasteiger partial charge in [0.15, 0.2) is 5.69 Å². The summed E-state index contributed by atoms with van der Waals surface area (Å²) >= 11 is 5.77. The lowest BCUT2D eigenvalue weighted by molar-refractivity contribution is 0.0593. The number of halogens is 1. The number of esters is 1. The molecule has 1 heterocycles. The predicted octanol–water partition coefficient (Wildman–Crippen LogP) is 3.19. The zero-order valence-electron chi connectivity index (χ0n) is 11.0. The number of pyridine rings is 1. The molecule has 2 rings (SSSR count). The second-order valence-corrected chi connectivity index (χ2v) is 4.35. The van der Waals surface area contributed by atoms with Gasteiger partial charge in [0, 0.05) is 12.1 Å². The van der Waals surface area contributed by atoms with E-state index in [4.69, 9.17) is 16.3 Å². The van der Waals surface area contributed by atoms with Gasteiger partial charge < -0.3 is 9.47 Å². The molecule has 20 heavy (non-hydrogen) atoms. The summed E-state index contributed by atoms with van der Waals surface area (Å²) < 4.78 is 10.3. The molecule has 0 aliphatic carbocycles. The number of carbonyl (C=O) groups excluding carboxylic acids is 1. The SMILES string of the molecule is COC(=O)c1cc(OCc2ccccc2)cc(CCl)n1. The average molecular weight is 292 g/mol. The summed E-state index contributed by atoms with van der Waals surface area (Å²) in [4.78, 5) is 15.6. The Balaban J connectivity index is 2.16. The molecule has 0 saturated carbocycles. The zero-order chi connectivity index (χ0) is 14.4. The molecule has 0 spiro atoms. The molecule has 0 N–H and O–H groups in total. The molecule has 0 aliphatic heterocycles. The highest BCUT2D eigenvalue weighted by Gasteiger charge is 2.11. The van der Waals surface area contributed by atoms with Gasteiger partial charge in [0.25, 0.3) is 0 Å². The molecule has 0 fully saturated rings. The van der Waals surface area contributed by atoms with E-state index in [9.17, 15) is 4.79 Å². The van der Waals surface area contributed by atoms with Crippen molar-refractivity contribution in [3.05, 3.63) is 59.4 Å². The van der Waals surface area contributed by atoms with Gasteiger partial charge in [-0.1, -0.05) is 30.3 Å². The van der Waals surface area contributed by atoms with Crippen molar-refractivity contribution >= 4 is 17.6 Å². The summed E-state index contributed by atoms with van der Waals surface area (Å²) in [5.74, 6) is 0.230. The minimum absolute atomic E-state index is 0.189. The third kappa shape index (κ3) is 3.71. The van der Waals surface area contributed by atoms with Gasteiger partial charge >= 0.3 is 5.97 Å². The molecule has 4 nitrogen and oxygen atoms in total. The van der Waals surface area contributed by atoms with Crippen LogP contribution in [0.3, 0.4) is 0 Å². The van der Waals surface area contributed by atoms with E-state index in [2.05, 4.69) is 9.72 Å². The molecule has 1 aromatic heterocycles. The van der Waals surface area contributed by atoms with Crippen LogP contribution in [-0.4, -0.2) is 18.1 Å². The first-order valence-corrected chi connectivity index (χ1v) is 6.58. The maximum atomic E-state index is 11.5. The molecule has 0 unspecified atom stereocenters. The molecule has 2 aromatic rings. The molecule has 5 heteroatoms. The number of aromatic nitrogens is 1. The molecule has 104 valence electrons. The van der Waals surface area contributed by atoms with Crippen molar-refractivity contribution in [2.75, 3.05) is 7.11 Å². The number of hydrogen-bond donors (Lipinski definition) is 0. The fourth-order valence-corrected chi connectivity index (χ4v) is 1.80. The summed E-state index contributed by atoms with van der Waals surface area (Å²) in [6, 6.07) is 13.0.